The van der Waals surface area contributed by atoms with Gasteiger partial charge in [0, 0.05) is 6.07 Å². The molecule has 0 fully saturated rings. The van der Waals surface area contributed by atoms with E-state index >= 15 is 0 Å². The van der Waals surface area contributed by atoms with Gasteiger partial charge < -0.3 is 5.11 Å². The van der Waals surface area contributed by atoms with Gasteiger partial charge in [0.25, 0.3) is 5.69 Å². The summed E-state index contributed by atoms with van der Waals surface area (Å²) in [6, 6.07) is 4.36. The highest BCUT2D eigenvalue weighted by Crippen LogP contribution is 2.36. The van der Waals surface area contributed by atoms with E-state index in [9.17, 15) is 14.9 Å². The Labute approximate surface area is 100 Å². The van der Waals surface area contributed by atoms with Crippen LogP contribution in [0.2, 0.25) is 0 Å². The van der Waals surface area contributed by atoms with Crippen molar-refractivity contribution >= 4 is 27.6 Å². The molecule has 0 unspecified atom stereocenters. The van der Waals surface area contributed by atoms with Crippen LogP contribution in [-0.4, -0.2) is 16.0 Å². The average Bonchev–Trinajstić information content (AvgIpc) is 2.16. The molecule has 0 aliphatic heterocycles. The summed E-state index contributed by atoms with van der Waals surface area (Å²) in [5.74, 6) is -1.03. The van der Waals surface area contributed by atoms with Crippen molar-refractivity contribution in [3.05, 3.63) is 38.3 Å². The maximum absolute atomic E-state index is 11.1. The molecule has 0 aliphatic carbocycles. The molecule has 0 heterocycles. The lowest BCUT2D eigenvalue weighted by molar-refractivity contribution is -0.385. The molecule has 0 radical (unpaired) electrons. The van der Waals surface area contributed by atoms with Gasteiger partial charge in [-0.1, -0.05) is 12.1 Å². The lowest BCUT2D eigenvalue weighted by Crippen LogP contribution is -2.29. The van der Waals surface area contributed by atoms with Gasteiger partial charge in [0.1, 0.15) is 0 Å². The normalized spacial score (nSPS) is 11.2. The highest BCUT2D eigenvalue weighted by Gasteiger charge is 2.33. The van der Waals surface area contributed by atoms with E-state index in [2.05, 4.69) is 15.9 Å². The molecule has 5 nitrogen and oxygen atoms in total. The Hall–Kier alpha value is -1.43. The Bertz CT molecular complexity index is 456. The quantitative estimate of drug-likeness (QED) is 0.685. The third-order valence-electron chi connectivity index (χ3n) is 2.38. The molecule has 1 N–H and O–H groups in total. The van der Waals surface area contributed by atoms with E-state index in [1.165, 1.54) is 26.0 Å². The first-order chi connectivity index (χ1) is 7.28. The van der Waals surface area contributed by atoms with E-state index in [0.717, 1.165) is 0 Å². The lowest BCUT2D eigenvalue weighted by Gasteiger charge is -2.20. The maximum atomic E-state index is 11.1. The van der Waals surface area contributed by atoms with Gasteiger partial charge in [0.2, 0.25) is 0 Å². The zero-order valence-corrected chi connectivity index (χ0v) is 10.3. The SMILES string of the molecule is CC(C)(C(=O)O)c1cccc([N+](=O)[O-])c1Br. The van der Waals surface area contributed by atoms with Crippen LogP contribution in [0.4, 0.5) is 5.69 Å². The van der Waals surface area contributed by atoms with Crippen LogP contribution in [-0.2, 0) is 10.2 Å². The summed E-state index contributed by atoms with van der Waals surface area (Å²) in [7, 11) is 0. The van der Waals surface area contributed by atoms with Gasteiger partial charge in [-0.3, -0.25) is 14.9 Å². The first kappa shape index (κ1) is 12.6. The van der Waals surface area contributed by atoms with Gasteiger partial charge in [-0.15, -0.1) is 0 Å². The number of hydrogen-bond acceptors (Lipinski definition) is 3. The van der Waals surface area contributed by atoms with Crippen molar-refractivity contribution in [2.24, 2.45) is 0 Å². The Kier molecular flexibility index (Phi) is 3.32. The fourth-order valence-corrected chi connectivity index (χ4v) is 2.16. The fraction of sp³-hybridized carbons (Fsp3) is 0.300. The Morgan fingerprint density at radius 3 is 2.50 bits per heavy atom. The minimum Gasteiger partial charge on any atom is -0.481 e. The summed E-state index contributed by atoms with van der Waals surface area (Å²) >= 11 is 3.08. The number of nitro groups is 1. The molecular formula is C10H10BrNO4. The van der Waals surface area contributed by atoms with Crippen LogP contribution in [0.3, 0.4) is 0 Å². The number of nitro benzene ring substituents is 1. The van der Waals surface area contributed by atoms with Crippen molar-refractivity contribution in [1.82, 2.24) is 0 Å². The molecule has 6 heteroatoms. The predicted molar refractivity (Wildman–Crippen MR) is 61.5 cm³/mol. The van der Waals surface area contributed by atoms with Crippen LogP contribution in [0.25, 0.3) is 0 Å². The van der Waals surface area contributed by atoms with Crippen LogP contribution in [0.15, 0.2) is 22.7 Å². The van der Waals surface area contributed by atoms with E-state index in [0.29, 0.717) is 5.56 Å². The second-order valence-corrected chi connectivity index (χ2v) is 4.62. The van der Waals surface area contributed by atoms with Crippen LogP contribution in [0.1, 0.15) is 19.4 Å². The molecule has 0 atom stereocenters. The molecular weight excluding hydrogens is 278 g/mol. The topological polar surface area (TPSA) is 80.4 Å². The molecule has 0 spiro atoms. The minimum atomic E-state index is -1.18. The van der Waals surface area contributed by atoms with Crippen molar-refractivity contribution in [2.75, 3.05) is 0 Å². The van der Waals surface area contributed by atoms with Gasteiger partial charge in [0.15, 0.2) is 0 Å². The Balaban J connectivity index is 3.42. The van der Waals surface area contributed by atoms with Crippen LogP contribution in [0.5, 0.6) is 0 Å². The van der Waals surface area contributed by atoms with Crippen molar-refractivity contribution in [2.45, 2.75) is 19.3 Å². The fourth-order valence-electron chi connectivity index (χ4n) is 1.26. The minimum absolute atomic E-state index is 0.133. The van der Waals surface area contributed by atoms with Crippen LogP contribution < -0.4 is 0 Å². The number of nitrogens with zero attached hydrogens (tertiary/aromatic N) is 1. The monoisotopic (exact) mass is 287 g/mol. The van der Waals surface area contributed by atoms with Gasteiger partial charge in [0.05, 0.1) is 14.8 Å². The summed E-state index contributed by atoms with van der Waals surface area (Å²) in [5, 5.41) is 19.8. The lowest BCUT2D eigenvalue weighted by atomic mass is 9.84. The number of halogens is 1. The number of carboxylic acids is 1. The highest BCUT2D eigenvalue weighted by atomic mass is 79.9. The predicted octanol–water partition coefficient (Wildman–Crippen LogP) is 2.72. The summed E-state index contributed by atoms with van der Waals surface area (Å²) < 4.78 is 0.215. The largest absolute Gasteiger partial charge is 0.481 e. The molecule has 0 aliphatic rings. The highest BCUT2D eigenvalue weighted by molar-refractivity contribution is 9.10. The van der Waals surface area contributed by atoms with E-state index in [1.54, 1.807) is 6.07 Å². The van der Waals surface area contributed by atoms with Crippen molar-refractivity contribution in [3.8, 4) is 0 Å². The summed E-state index contributed by atoms with van der Waals surface area (Å²) in [4.78, 5) is 21.2. The van der Waals surface area contributed by atoms with Crippen LogP contribution >= 0.6 is 15.9 Å². The van der Waals surface area contributed by atoms with Gasteiger partial charge in [-0.2, -0.15) is 0 Å². The van der Waals surface area contributed by atoms with Gasteiger partial charge in [-0.05, 0) is 35.3 Å². The molecule has 1 rings (SSSR count). The zero-order chi connectivity index (χ0) is 12.5. The molecule has 0 aromatic heterocycles. The first-order valence-electron chi connectivity index (χ1n) is 4.45. The Morgan fingerprint density at radius 1 is 1.50 bits per heavy atom. The third-order valence-corrected chi connectivity index (χ3v) is 3.22. The van der Waals surface area contributed by atoms with E-state index < -0.39 is 16.3 Å². The molecule has 0 amide bonds. The second kappa shape index (κ2) is 4.21. The summed E-state index contributed by atoms with van der Waals surface area (Å²) in [5.41, 5.74) is -0.925. The van der Waals surface area contributed by atoms with E-state index in [1.807, 2.05) is 0 Å². The number of carboxylic acid groups (broad SMARTS) is 1. The second-order valence-electron chi connectivity index (χ2n) is 3.83. The van der Waals surface area contributed by atoms with Gasteiger partial charge >= 0.3 is 5.97 Å². The molecule has 0 bridgehead atoms. The van der Waals surface area contributed by atoms with E-state index in [4.69, 9.17) is 5.11 Å². The number of aliphatic carboxylic acids is 1. The molecule has 0 saturated carbocycles. The summed E-state index contributed by atoms with van der Waals surface area (Å²) in [6.07, 6.45) is 0. The van der Waals surface area contributed by atoms with Crippen LogP contribution in [0, 0.1) is 10.1 Å². The molecule has 16 heavy (non-hydrogen) atoms. The Morgan fingerprint density at radius 2 is 2.06 bits per heavy atom. The first-order valence-corrected chi connectivity index (χ1v) is 5.24. The van der Waals surface area contributed by atoms with E-state index in [-0.39, 0.29) is 10.2 Å². The smallest absolute Gasteiger partial charge is 0.313 e. The molecule has 1 aromatic carbocycles. The molecule has 86 valence electrons. The number of hydrogen-bond donors (Lipinski definition) is 1. The number of benzene rings is 1. The average molecular weight is 288 g/mol. The van der Waals surface area contributed by atoms with Crippen molar-refractivity contribution in [1.29, 1.82) is 0 Å². The molecule has 1 aromatic rings. The van der Waals surface area contributed by atoms with Gasteiger partial charge in [-0.25, -0.2) is 0 Å². The number of carbonyl (C=O) groups is 1. The zero-order valence-electron chi connectivity index (χ0n) is 8.73. The maximum Gasteiger partial charge on any atom is 0.313 e. The van der Waals surface area contributed by atoms with Crippen molar-refractivity contribution < 1.29 is 14.8 Å². The molecule has 0 saturated heterocycles. The standard InChI is InChI=1S/C10H10BrNO4/c1-10(2,9(13)14)6-4-3-5-7(8(6)11)12(15)16/h3-5H,1-2H3,(H,13,14). The third kappa shape index (κ3) is 2.06. The summed E-state index contributed by atoms with van der Waals surface area (Å²) in [6.45, 7) is 3.00. The number of rotatable bonds is 3. The van der Waals surface area contributed by atoms with Crippen molar-refractivity contribution in [3.63, 3.8) is 0 Å².